The molecule has 0 saturated carbocycles. The van der Waals surface area contributed by atoms with Gasteiger partial charge in [0.25, 0.3) is 0 Å². The summed E-state index contributed by atoms with van der Waals surface area (Å²) >= 11 is 0. The molecule has 0 aromatic carbocycles. The molecular weight excluding hydrogens is 362 g/mol. The number of azide groups is 1. The Kier molecular flexibility index (Phi) is 14.0. The molecule has 0 aromatic rings. The molecule has 2 atom stereocenters. The molecule has 0 fully saturated rings. The fraction of sp³-hybridized carbons (Fsp3) is 1.00. The third-order valence-electron chi connectivity index (χ3n) is 4.81. The van der Waals surface area contributed by atoms with E-state index in [0.29, 0.717) is 13.2 Å². The van der Waals surface area contributed by atoms with Crippen molar-refractivity contribution in [3.05, 3.63) is 10.4 Å². The fourth-order valence-corrected chi connectivity index (χ4v) is 3.37. The lowest BCUT2D eigenvalue weighted by Gasteiger charge is -2.39. The molecule has 160 valence electrons. The van der Waals surface area contributed by atoms with Crippen LogP contribution in [0.4, 0.5) is 0 Å². The van der Waals surface area contributed by atoms with Crippen molar-refractivity contribution in [2.24, 2.45) is 5.11 Å². The summed E-state index contributed by atoms with van der Waals surface area (Å²) in [5.41, 5.74) is 8.62. The lowest BCUT2D eigenvalue weighted by Crippen LogP contribution is -2.46. The first kappa shape index (κ1) is 26.4. The largest absolute Gasteiger partial charge is 0.411 e. The maximum atomic E-state index is 8.62. The van der Waals surface area contributed by atoms with Crippen LogP contribution in [-0.4, -0.2) is 53.7 Å². The molecule has 27 heavy (non-hydrogen) atoms. The Hall–Kier alpha value is -0.633. The molecule has 0 radical (unpaired) electrons. The minimum Gasteiger partial charge on any atom is -0.411 e. The maximum Gasteiger partial charge on any atom is 0.192 e. The Balaban J connectivity index is 4.14. The molecule has 2 unspecified atom stereocenters. The molecule has 0 aliphatic carbocycles. The molecule has 0 saturated heterocycles. The smallest absolute Gasteiger partial charge is 0.192 e. The average molecular weight is 404 g/mol. The van der Waals surface area contributed by atoms with Gasteiger partial charge in [-0.15, -0.1) is 0 Å². The zero-order valence-corrected chi connectivity index (χ0v) is 19.5. The maximum absolute atomic E-state index is 8.62. The molecule has 0 bridgehead atoms. The van der Waals surface area contributed by atoms with Gasteiger partial charge in [-0.2, -0.15) is 0 Å². The van der Waals surface area contributed by atoms with Crippen LogP contribution in [0.1, 0.15) is 60.3 Å². The molecule has 0 rings (SSSR count). The minimum atomic E-state index is -1.96. The third kappa shape index (κ3) is 13.2. The molecule has 8 heteroatoms. The summed E-state index contributed by atoms with van der Waals surface area (Å²) < 4.78 is 23.3. The summed E-state index contributed by atoms with van der Waals surface area (Å²) in [4.78, 5) is 2.85. The summed E-state index contributed by atoms with van der Waals surface area (Å²) in [5.74, 6) is 0. The molecule has 0 N–H and O–H groups in total. The first-order chi connectivity index (χ1) is 12.6. The zero-order chi connectivity index (χ0) is 20.8. The van der Waals surface area contributed by atoms with Gasteiger partial charge in [0.1, 0.15) is 0 Å². The Bertz CT molecular complexity index is 424. The van der Waals surface area contributed by atoms with Crippen molar-refractivity contribution in [3.63, 3.8) is 0 Å². The number of hydrogen-bond acceptors (Lipinski definition) is 5. The van der Waals surface area contributed by atoms with Crippen molar-refractivity contribution in [2.45, 2.75) is 90.8 Å². The predicted molar refractivity (Wildman–Crippen MR) is 112 cm³/mol. The van der Waals surface area contributed by atoms with E-state index < -0.39 is 8.32 Å². The highest BCUT2D eigenvalue weighted by Crippen LogP contribution is 2.37. The first-order valence-electron chi connectivity index (χ1n) is 10.1. The second-order valence-electron chi connectivity index (χ2n) is 8.36. The van der Waals surface area contributed by atoms with E-state index in [-0.39, 0.29) is 24.0 Å². The van der Waals surface area contributed by atoms with Gasteiger partial charge in [-0.25, -0.2) is 0 Å². The zero-order valence-electron chi connectivity index (χ0n) is 18.5. The normalized spacial score (nSPS) is 14.6. The topological polar surface area (TPSA) is 85.7 Å². The van der Waals surface area contributed by atoms with Crippen molar-refractivity contribution in [1.82, 2.24) is 0 Å². The summed E-state index contributed by atoms with van der Waals surface area (Å²) in [6.45, 7) is 17.8. The van der Waals surface area contributed by atoms with Gasteiger partial charge in [0.15, 0.2) is 14.6 Å². The van der Waals surface area contributed by atoms with E-state index in [1.54, 1.807) is 0 Å². The number of unbranched alkanes of at least 4 members (excludes halogenated alkanes) is 2. The molecule has 0 spiro atoms. The highest BCUT2D eigenvalue weighted by atomic mass is 28.4. The number of rotatable bonds is 16. The van der Waals surface area contributed by atoms with Crippen LogP contribution in [0.25, 0.3) is 10.4 Å². The molecule has 0 amide bonds. The van der Waals surface area contributed by atoms with Crippen LogP contribution < -0.4 is 0 Å². The van der Waals surface area contributed by atoms with Gasteiger partial charge in [-0.05, 0) is 49.8 Å². The molecule has 7 nitrogen and oxygen atoms in total. The van der Waals surface area contributed by atoms with Gasteiger partial charge >= 0.3 is 0 Å². The molecule has 0 aliphatic rings. The average Bonchev–Trinajstić information content (AvgIpc) is 2.58. The minimum absolute atomic E-state index is 0.0862. The Morgan fingerprint density at radius 3 is 2.26 bits per heavy atom. The Morgan fingerprint density at radius 1 is 1.04 bits per heavy atom. The lowest BCUT2D eigenvalue weighted by molar-refractivity contribution is -0.145. The lowest BCUT2D eigenvalue weighted by atomic mass is 10.2. The highest BCUT2D eigenvalue weighted by Gasteiger charge is 2.39. The van der Waals surface area contributed by atoms with Gasteiger partial charge in [0, 0.05) is 24.7 Å². The Morgan fingerprint density at radius 2 is 1.67 bits per heavy atom. The second-order valence-corrected chi connectivity index (χ2v) is 13.1. The summed E-state index contributed by atoms with van der Waals surface area (Å²) in [6.07, 6.45) is 3.65. The summed E-state index contributed by atoms with van der Waals surface area (Å²) in [6, 6.07) is 0. The van der Waals surface area contributed by atoms with Gasteiger partial charge in [-0.1, -0.05) is 39.2 Å². The van der Waals surface area contributed by atoms with Crippen LogP contribution in [0.15, 0.2) is 5.11 Å². The van der Waals surface area contributed by atoms with E-state index in [1.807, 2.05) is 6.92 Å². The molecule has 0 heterocycles. The molecule has 0 aliphatic heterocycles. The van der Waals surface area contributed by atoms with E-state index in [4.69, 9.17) is 24.2 Å². The predicted octanol–water partition coefficient (Wildman–Crippen LogP) is 5.66. The third-order valence-corrected chi connectivity index (χ3v) is 9.35. The summed E-state index contributed by atoms with van der Waals surface area (Å²) in [7, 11) is -1.96. The van der Waals surface area contributed by atoms with Crippen LogP contribution >= 0.6 is 0 Å². The van der Waals surface area contributed by atoms with Crippen molar-refractivity contribution in [1.29, 1.82) is 0 Å². The number of ether oxygens (including phenoxy) is 3. The van der Waals surface area contributed by atoms with Gasteiger partial charge in [-0.3, -0.25) is 0 Å². The number of nitrogens with zero attached hydrogens (tertiary/aromatic N) is 3. The van der Waals surface area contributed by atoms with E-state index in [0.717, 1.165) is 38.9 Å². The standard InChI is InChI=1S/C19H41N3O4Si/c1-8-9-12-23-13-10-11-14-24-17(2)25-16-18(15-21-22-20)26-27(6,7)19(3,4)5/h17-18H,8-16H2,1-7H3. The Labute approximate surface area is 166 Å². The van der Waals surface area contributed by atoms with Crippen molar-refractivity contribution in [2.75, 3.05) is 33.0 Å². The SMILES string of the molecule is CCCCOCCCCOC(C)OCC(CN=[N+]=[N-])O[Si](C)(C)C(C)(C)C. The quantitative estimate of drug-likeness (QED) is 0.0830. The summed E-state index contributed by atoms with van der Waals surface area (Å²) in [5, 5.41) is 3.76. The van der Waals surface area contributed by atoms with Crippen LogP contribution in [0.2, 0.25) is 18.1 Å². The van der Waals surface area contributed by atoms with E-state index in [9.17, 15) is 0 Å². The van der Waals surface area contributed by atoms with E-state index in [2.05, 4.69) is 50.8 Å². The van der Waals surface area contributed by atoms with E-state index >= 15 is 0 Å². The van der Waals surface area contributed by atoms with Crippen molar-refractivity contribution in [3.8, 4) is 0 Å². The molecular formula is C19H41N3O4Si. The van der Waals surface area contributed by atoms with Crippen molar-refractivity contribution >= 4 is 8.32 Å². The van der Waals surface area contributed by atoms with Crippen LogP contribution in [-0.2, 0) is 18.6 Å². The van der Waals surface area contributed by atoms with Gasteiger partial charge < -0.3 is 18.6 Å². The van der Waals surface area contributed by atoms with E-state index in [1.165, 1.54) is 0 Å². The van der Waals surface area contributed by atoms with Crippen molar-refractivity contribution < 1.29 is 18.6 Å². The van der Waals surface area contributed by atoms with Crippen LogP contribution in [0, 0.1) is 0 Å². The van der Waals surface area contributed by atoms with Gasteiger partial charge in [0.05, 0.1) is 19.3 Å². The second kappa shape index (κ2) is 14.4. The number of hydrogen-bond donors (Lipinski definition) is 0. The highest BCUT2D eigenvalue weighted by molar-refractivity contribution is 6.74. The van der Waals surface area contributed by atoms with Gasteiger partial charge in [0.2, 0.25) is 0 Å². The monoisotopic (exact) mass is 403 g/mol. The first-order valence-corrected chi connectivity index (χ1v) is 13.0. The van der Waals surface area contributed by atoms with Crippen LogP contribution in [0.3, 0.4) is 0 Å². The molecule has 0 aromatic heterocycles. The fourth-order valence-electron chi connectivity index (χ4n) is 2.04. The van der Waals surface area contributed by atoms with Crippen LogP contribution in [0.5, 0.6) is 0 Å².